The van der Waals surface area contributed by atoms with Gasteiger partial charge in [-0.15, -0.1) is 11.8 Å². The van der Waals surface area contributed by atoms with Crippen LogP contribution >= 0.6 is 11.8 Å². The van der Waals surface area contributed by atoms with Gasteiger partial charge >= 0.3 is 5.97 Å². The van der Waals surface area contributed by atoms with Crippen molar-refractivity contribution in [1.29, 1.82) is 0 Å². The summed E-state index contributed by atoms with van der Waals surface area (Å²) >= 11 is 1.23. The van der Waals surface area contributed by atoms with Crippen molar-refractivity contribution in [2.45, 2.75) is 30.3 Å². The maximum Gasteiger partial charge on any atom is 0.324 e. The predicted molar refractivity (Wildman–Crippen MR) is 42.7 cm³/mol. The van der Waals surface area contributed by atoms with Gasteiger partial charge in [0, 0.05) is 11.2 Å². The maximum absolute atomic E-state index is 11.0. The molecule has 1 fully saturated rings. The van der Waals surface area contributed by atoms with E-state index in [2.05, 4.69) is 0 Å². The summed E-state index contributed by atoms with van der Waals surface area (Å²) in [6.45, 7) is 3.77. The highest BCUT2D eigenvalue weighted by atomic mass is 32.2. The molecule has 1 unspecified atom stereocenters. The van der Waals surface area contributed by atoms with Crippen molar-refractivity contribution in [2.75, 3.05) is 0 Å². The van der Waals surface area contributed by atoms with Crippen LogP contribution in [0.1, 0.15) is 20.3 Å². The van der Waals surface area contributed by atoms with Gasteiger partial charge in [-0.2, -0.15) is 0 Å². The minimum absolute atomic E-state index is 0.160. The van der Waals surface area contributed by atoms with Gasteiger partial charge in [0.15, 0.2) is 11.0 Å². The Morgan fingerprint density at radius 2 is 2.27 bits per heavy atom. The van der Waals surface area contributed by atoms with Crippen molar-refractivity contribution in [2.24, 2.45) is 0 Å². The fourth-order valence-electron chi connectivity index (χ4n) is 1.13. The topological polar surface area (TPSA) is 54.4 Å². The summed E-state index contributed by atoms with van der Waals surface area (Å²) in [4.78, 5) is 21.5. The highest BCUT2D eigenvalue weighted by molar-refractivity contribution is 8.03. The van der Waals surface area contributed by atoms with Crippen molar-refractivity contribution in [3.63, 3.8) is 0 Å². The summed E-state index contributed by atoms with van der Waals surface area (Å²) in [6.07, 6.45) is 0.370. The summed E-state index contributed by atoms with van der Waals surface area (Å²) in [5.41, 5.74) is 0. The molecule has 1 heterocycles. The number of carbonyl (C=O) groups is 2. The number of carbonyl (C=O) groups excluding carboxylic acids is 1. The molecule has 4 heteroatoms. The molecule has 62 valence electrons. The minimum Gasteiger partial charge on any atom is -0.480 e. The van der Waals surface area contributed by atoms with Crippen molar-refractivity contribution in [1.82, 2.24) is 0 Å². The van der Waals surface area contributed by atoms with E-state index in [1.807, 2.05) is 13.8 Å². The minimum atomic E-state index is -1.01. The molecule has 1 rings (SSSR count). The van der Waals surface area contributed by atoms with Gasteiger partial charge in [0.1, 0.15) is 0 Å². The Bertz CT molecular complexity index is 210. The zero-order valence-electron chi connectivity index (χ0n) is 6.46. The molecule has 0 bridgehead atoms. The molecule has 0 saturated carbocycles. The summed E-state index contributed by atoms with van der Waals surface area (Å²) in [7, 11) is 0. The lowest BCUT2D eigenvalue weighted by Gasteiger charge is -2.13. The molecular formula is C7H10O3S. The van der Waals surface area contributed by atoms with Gasteiger partial charge < -0.3 is 5.11 Å². The first-order valence-electron chi connectivity index (χ1n) is 3.36. The van der Waals surface area contributed by atoms with Crippen LogP contribution in [-0.2, 0) is 9.59 Å². The number of carboxylic acid groups (broad SMARTS) is 1. The molecule has 1 aliphatic rings. The number of Topliss-reactive ketones (excluding diaryl/α,β-unsaturated/α-hetero) is 1. The molecule has 11 heavy (non-hydrogen) atoms. The molecule has 0 aromatic carbocycles. The van der Waals surface area contributed by atoms with Gasteiger partial charge in [0.25, 0.3) is 0 Å². The second-order valence-electron chi connectivity index (χ2n) is 3.24. The number of hydrogen-bond acceptors (Lipinski definition) is 3. The van der Waals surface area contributed by atoms with E-state index in [4.69, 9.17) is 5.11 Å². The number of aliphatic carboxylic acids is 1. The van der Waals surface area contributed by atoms with Crippen molar-refractivity contribution in [3.05, 3.63) is 0 Å². The number of carboxylic acids is 1. The van der Waals surface area contributed by atoms with Gasteiger partial charge in [-0.05, 0) is 0 Å². The highest BCUT2D eigenvalue weighted by Crippen LogP contribution is 2.40. The number of hydrogen-bond donors (Lipinski definition) is 1. The summed E-state index contributed by atoms with van der Waals surface area (Å²) in [6, 6.07) is 0. The monoisotopic (exact) mass is 174 g/mol. The van der Waals surface area contributed by atoms with Crippen molar-refractivity contribution < 1.29 is 14.7 Å². The molecule has 0 amide bonds. The smallest absolute Gasteiger partial charge is 0.324 e. The van der Waals surface area contributed by atoms with Crippen molar-refractivity contribution in [3.8, 4) is 0 Å². The maximum atomic E-state index is 11.0. The Hall–Kier alpha value is -0.510. The molecule has 0 aliphatic carbocycles. The fourth-order valence-corrected chi connectivity index (χ4v) is 2.31. The summed E-state index contributed by atoms with van der Waals surface area (Å²) in [5, 5.41) is 7.75. The lowest BCUT2D eigenvalue weighted by Crippen LogP contribution is -2.21. The SMILES string of the molecule is CC1(C)CC(=O)C(C(=O)O)S1. The first-order chi connectivity index (χ1) is 4.92. The third-order valence-corrected chi connectivity index (χ3v) is 3.04. The van der Waals surface area contributed by atoms with Gasteiger partial charge in [-0.25, -0.2) is 0 Å². The highest BCUT2D eigenvalue weighted by Gasteiger charge is 2.42. The normalized spacial score (nSPS) is 28.9. The third-order valence-electron chi connectivity index (χ3n) is 1.55. The molecule has 1 saturated heterocycles. The van der Waals surface area contributed by atoms with Crippen LogP contribution in [0.25, 0.3) is 0 Å². The van der Waals surface area contributed by atoms with Crippen LogP contribution in [0.15, 0.2) is 0 Å². The Kier molecular flexibility index (Phi) is 1.96. The number of rotatable bonds is 1. The molecular weight excluding hydrogens is 164 g/mol. The number of thioether (sulfide) groups is 1. The predicted octanol–water partition coefficient (Wildman–Crippen LogP) is 0.924. The zero-order chi connectivity index (χ0) is 8.65. The third kappa shape index (κ3) is 1.74. The van der Waals surface area contributed by atoms with Crippen LogP contribution in [-0.4, -0.2) is 26.9 Å². The van der Waals surface area contributed by atoms with E-state index in [0.29, 0.717) is 6.42 Å². The Balaban J connectivity index is 2.74. The van der Waals surface area contributed by atoms with Gasteiger partial charge in [-0.3, -0.25) is 9.59 Å². The Morgan fingerprint density at radius 3 is 2.45 bits per heavy atom. The Labute approximate surface area is 69.2 Å². The molecule has 3 nitrogen and oxygen atoms in total. The van der Waals surface area contributed by atoms with Crippen LogP contribution in [0, 0.1) is 0 Å². The fraction of sp³-hybridized carbons (Fsp3) is 0.714. The second kappa shape index (κ2) is 2.52. The average Bonchev–Trinajstić information content (AvgIpc) is 2.05. The van der Waals surface area contributed by atoms with E-state index < -0.39 is 11.2 Å². The quantitative estimate of drug-likeness (QED) is 0.601. The van der Waals surface area contributed by atoms with Crippen LogP contribution in [0.2, 0.25) is 0 Å². The van der Waals surface area contributed by atoms with Crippen LogP contribution in [0.3, 0.4) is 0 Å². The molecule has 0 spiro atoms. The molecule has 1 N–H and O–H groups in total. The molecule has 0 aromatic heterocycles. The first kappa shape index (κ1) is 8.59. The van der Waals surface area contributed by atoms with E-state index in [1.54, 1.807) is 0 Å². The summed E-state index contributed by atoms with van der Waals surface area (Å²) < 4.78 is -0.194. The molecule has 0 aromatic rings. The van der Waals surface area contributed by atoms with Crippen molar-refractivity contribution >= 4 is 23.5 Å². The largest absolute Gasteiger partial charge is 0.480 e. The lowest BCUT2D eigenvalue weighted by atomic mass is 10.1. The van der Waals surface area contributed by atoms with E-state index in [9.17, 15) is 9.59 Å². The first-order valence-corrected chi connectivity index (χ1v) is 4.24. The van der Waals surface area contributed by atoms with Crippen LogP contribution in [0.4, 0.5) is 0 Å². The van der Waals surface area contributed by atoms with Gasteiger partial charge in [-0.1, -0.05) is 13.8 Å². The molecule has 1 atom stereocenters. The van der Waals surface area contributed by atoms with E-state index in [-0.39, 0.29) is 10.5 Å². The van der Waals surface area contributed by atoms with Crippen LogP contribution < -0.4 is 0 Å². The summed E-state index contributed by atoms with van der Waals surface area (Å²) in [5.74, 6) is -1.17. The second-order valence-corrected chi connectivity index (χ2v) is 5.05. The van der Waals surface area contributed by atoms with Gasteiger partial charge in [0.2, 0.25) is 0 Å². The van der Waals surface area contributed by atoms with Gasteiger partial charge in [0.05, 0.1) is 0 Å². The zero-order valence-corrected chi connectivity index (χ0v) is 7.27. The Morgan fingerprint density at radius 1 is 1.73 bits per heavy atom. The number of ketones is 1. The average molecular weight is 174 g/mol. The standard InChI is InChI=1S/C7H10O3S/c1-7(2)3-4(8)5(11-7)6(9)10/h5H,3H2,1-2H3,(H,9,10). The molecule has 1 aliphatic heterocycles. The molecule has 0 radical (unpaired) electrons. The van der Waals surface area contributed by atoms with E-state index >= 15 is 0 Å². The van der Waals surface area contributed by atoms with Crippen LogP contribution in [0.5, 0.6) is 0 Å². The van der Waals surface area contributed by atoms with E-state index in [0.717, 1.165) is 0 Å². The lowest BCUT2D eigenvalue weighted by molar-refractivity contribution is -0.139. The van der Waals surface area contributed by atoms with E-state index in [1.165, 1.54) is 11.8 Å².